The van der Waals surface area contributed by atoms with Gasteiger partial charge in [-0.25, -0.2) is 0 Å². The molecule has 2 aliphatic rings. The van der Waals surface area contributed by atoms with Crippen molar-refractivity contribution in [3.63, 3.8) is 0 Å². The number of phenols is 1. The van der Waals surface area contributed by atoms with Crippen LogP contribution in [0.2, 0.25) is 10.0 Å². The first kappa shape index (κ1) is 30.6. The lowest BCUT2D eigenvalue weighted by Gasteiger charge is -2.47. The number of hydrogen-bond donors (Lipinski definition) is 4. The van der Waals surface area contributed by atoms with Gasteiger partial charge >= 0.3 is 0 Å². The van der Waals surface area contributed by atoms with Gasteiger partial charge in [-0.05, 0) is 69.6 Å². The molecule has 0 unspecified atom stereocenters. The number of carbonyl (C=O) groups excluding carboxylic acids is 2. The summed E-state index contributed by atoms with van der Waals surface area (Å²) in [5.41, 5.74) is 0.529. The fourth-order valence-corrected chi connectivity index (χ4v) is 6.68. The molecule has 2 aromatic rings. The Kier molecular flexibility index (Phi) is 10.0. The molecule has 218 valence electrons. The van der Waals surface area contributed by atoms with Gasteiger partial charge in [0.1, 0.15) is 5.75 Å². The Morgan fingerprint density at radius 3 is 2.40 bits per heavy atom. The number of phenolic OH excluding ortho intramolecular Hbond substituents is 1. The van der Waals surface area contributed by atoms with Crippen LogP contribution in [0, 0.1) is 11.8 Å². The first-order valence-corrected chi connectivity index (χ1v) is 14.9. The number of aromatic hydroxyl groups is 1. The van der Waals surface area contributed by atoms with E-state index in [9.17, 15) is 19.8 Å². The molecule has 1 saturated heterocycles. The third-order valence-corrected chi connectivity index (χ3v) is 8.80. The lowest BCUT2D eigenvalue weighted by atomic mass is 9.72. The number of halogens is 2. The highest BCUT2D eigenvalue weighted by molar-refractivity contribution is 6.40. The van der Waals surface area contributed by atoms with Crippen LogP contribution in [0.15, 0.2) is 42.5 Å². The van der Waals surface area contributed by atoms with Gasteiger partial charge in [0.2, 0.25) is 5.91 Å². The van der Waals surface area contributed by atoms with E-state index < -0.39 is 18.1 Å². The van der Waals surface area contributed by atoms with Crippen molar-refractivity contribution >= 4 is 35.0 Å². The number of piperidine rings is 1. The zero-order valence-electron chi connectivity index (χ0n) is 23.5. The molecule has 0 aromatic heterocycles. The lowest BCUT2D eigenvalue weighted by Crippen LogP contribution is -2.60. The number of fused-ring (bicyclic) bond motifs is 1. The molecule has 0 bridgehead atoms. The first-order chi connectivity index (χ1) is 18.9. The van der Waals surface area contributed by atoms with Crippen LogP contribution in [0.25, 0.3) is 0 Å². The second kappa shape index (κ2) is 13.1. The second-order valence-corrected chi connectivity index (χ2v) is 13.1. The zero-order chi connectivity index (χ0) is 29.0. The summed E-state index contributed by atoms with van der Waals surface area (Å²) in [6.45, 7) is 6.88. The molecule has 2 fully saturated rings. The normalized spacial score (nSPS) is 23.1. The van der Waals surface area contributed by atoms with Gasteiger partial charge in [0.05, 0.1) is 33.8 Å². The van der Waals surface area contributed by atoms with Crippen LogP contribution in [0.5, 0.6) is 5.75 Å². The SMILES string of the molecule is CC(C)(C)NC(=O)[C@@H]1C[C@@H]2CCCC[C@@H]2CN1C[C@H](O)[C@H](Cc1ccccc1)NC(=O)c1c(Cl)ccc(O)c1Cl. The van der Waals surface area contributed by atoms with Gasteiger partial charge in [-0.3, -0.25) is 14.5 Å². The number of β-amino-alcohol motifs (C(OH)–C–C–N with tert-alkyl or cyclic N) is 1. The molecule has 1 saturated carbocycles. The molecule has 2 amide bonds. The van der Waals surface area contributed by atoms with Crippen molar-refractivity contribution in [2.45, 2.75) is 83.0 Å². The van der Waals surface area contributed by atoms with Gasteiger partial charge in [-0.1, -0.05) is 72.8 Å². The average Bonchev–Trinajstić information content (AvgIpc) is 2.90. The molecule has 1 aliphatic carbocycles. The van der Waals surface area contributed by atoms with E-state index in [-0.39, 0.29) is 45.4 Å². The van der Waals surface area contributed by atoms with Crippen molar-refractivity contribution in [1.82, 2.24) is 15.5 Å². The molecular formula is C31H41Cl2N3O4. The van der Waals surface area contributed by atoms with Crippen LogP contribution in [0.1, 0.15) is 68.8 Å². The Balaban J connectivity index is 1.58. The summed E-state index contributed by atoms with van der Waals surface area (Å²) in [4.78, 5) is 28.9. The Morgan fingerprint density at radius 1 is 1.05 bits per heavy atom. The first-order valence-electron chi connectivity index (χ1n) is 14.2. The quantitative estimate of drug-likeness (QED) is 0.339. The predicted octanol–water partition coefficient (Wildman–Crippen LogP) is 5.20. The van der Waals surface area contributed by atoms with Crippen molar-refractivity contribution in [2.75, 3.05) is 13.1 Å². The van der Waals surface area contributed by atoms with E-state index in [4.69, 9.17) is 23.2 Å². The smallest absolute Gasteiger partial charge is 0.254 e. The van der Waals surface area contributed by atoms with Crippen molar-refractivity contribution in [2.24, 2.45) is 11.8 Å². The van der Waals surface area contributed by atoms with Crippen molar-refractivity contribution in [3.05, 3.63) is 63.6 Å². The number of benzene rings is 2. The largest absolute Gasteiger partial charge is 0.506 e. The van der Waals surface area contributed by atoms with E-state index in [1.807, 2.05) is 51.1 Å². The number of amides is 2. The highest BCUT2D eigenvalue weighted by atomic mass is 35.5. The Bertz CT molecular complexity index is 1190. The van der Waals surface area contributed by atoms with E-state index in [2.05, 4.69) is 15.5 Å². The fraction of sp³-hybridized carbons (Fsp3) is 0.548. The number of likely N-dealkylation sites (tertiary alicyclic amines) is 1. The molecule has 2 aromatic carbocycles. The molecule has 9 heteroatoms. The standard InChI is InChI=1S/C31H41Cl2N3O4/c1-31(2,3)35-29(39)24-16-20-11-7-8-12-21(20)17-36(24)18-26(38)23(15-19-9-5-4-6-10-19)34-30(40)27-22(32)13-14-25(37)28(27)33/h4-6,9-10,13-14,20-21,23-24,26,37-38H,7-8,11-12,15-18H2,1-3H3,(H,34,40)(H,35,39)/t20-,21+,23-,24-,26-/m0/s1. The maximum atomic E-state index is 13.5. The van der Waals surface area contributed by atoms with Crippen molar-refractivity contribution in [3.8, 4) is 5.75 Å². The van der Waals surface area contributed by atoms with E-state index in [0.29, 0.717) is 18.3 Å². The van der Waals surface area contributed by atoms with Gasteiger partial charge < -0.3 is 20.8 Å². The zero-order valence-corrected chi connectivity index (χ0v) is 25.0. The van der Waals surface area contributed by atoms with Gasteiger partial charge in [0, 0.05) is 18.6 Å². The van der Waals surface area contributed by atoms with Crippen LogP contribution in [-0.2, 0) is 11.2 Å². The number of aliphatic hydroxyl groups excluding tert-OH is 1. The minimum atomic E-state index is -0.982. The number of hydrogen-bond acceptors (Lipinski definition) is 5. The summed E-state index contributed by atoms with van der Waals surface area (Å²) < 4.78 is 0. The van der Waals surface area contributed by atoms with Gasteiger partial charge in [-0.2, -0.15) is 0 Å². The van der Waals surface area contributed by atoms with Crippen LogP contribution in [0.4, 0.5) is 0 Å². The number of carbonyl (C=O) groups is 2. The minimum Gasteiger partial charge on any atom is -0.506 e. The monoisotopic (exact) mass is 589 g/mol. The maximum Gasteiger partial charge on any atom is 0.254 e. The molecule has 4 rings (SSSR count). The number of nitrogens with zero attached hydrogens (tertiary/aromatic N) is 1. The number of rotatable bonds is 8. The lowest BCUT2D eigenvalue weighted by molar-refractivity contribution is -0.132. The molecule has 5 atom stereocenters. The van der Waals surface area contributed by atoms with Crippen LogP contribution in [0.3, 0.4) is 0 Å². The molecule has 1 heterocycles. The van der Waals surface area contributed by atoms with E-state index in [0.717, 1.165) is 31.4 Å². The highest BCUT2D eigenvalue weighted by Crippen LogP contribution is 2.39. The van der Waals surface area contributed by atoms with Gasteiger partial charge in [-0.15, -0.1) is 0 Å². The van der Waals surface area contributed by atoms with E-state index in [1.165, 1.54) is 25.0 Å². The van der Waals surface area contributed by atoms with E-state index in [1.54, 1.807) is 0 Å². The average molecular weight is 591 g/mol. The molecule has 0 radical (unpaired) electrons. The number of aliphatic hydroxyl groups is 1. The third kappa shape index (κ3) is 7.69. The van der Waals surface area contributed by atoms with Crippen LogP contribution < -0.4 is 10.6 Å². The number of nitrogens with one attached hydrogen (secondary N) is 2. The fourth-order valence-electron chi connectivity index (χ4n) is 6.14. The van der Waals surface area contributed by atoms with Gasteiger partial charge in [0.25, 0.3) is 5.91 Å². The minimum absolute atomic E-state index is 0.0225. The summed E-state index contributed by atoms with van der Waals surface area (Å²) >= 11 is 12.5. The summed E-state index contributed by atoms with van der Waals surface area (Å²) in [6.07, 6.45) is 4.80. The Labute approximate surface area is 247 Å². The predicted molar refractivity (Wildman–Crippen MR) is 159 cm³/mol. The van der Waals surface area contributed by atoms with Crippen molar-refractivity contribution < 1.29 is 19.8 Å². The van der Waals surface area contributed by atoms with Gasteiger partial charge in [0.15, 0.2) is 0 Å². The second-order valence-electron chi connectivity index (χ2n) is 12.3. The third-order valence-electron chi connectivity index (χ3n) is 8.10. The summed E-state index contributed by atoms with van der Waals surface area (Å²) in [7, 11) is 0. The Hall–Kier alpha value is -2.32. The van der Waals surface area contributed by atoms with Crippen LogP contribution >= 0.6 is 23.2 Å². The van der Waals surface area contributed by atoms with Crippen molar-refractivity contribution in [1.29, 1.82) is 0 Å². The molecule has 40 heavy (non-hydrogen) atoms. The Morgan fingerprint density at radius 2 is 1.73 bits per heavy atom. The molecular weight excluding hydrogens is 549 g/mol. The summed E-state index contributed by atoms with van der Waals surface area (Å²) in [6, 6.07) is 11.3. The highest BCUT2D eigenvalue weighted by Gasteiger charge is 2.42. The van der Waals surface area contributed by atoms with E-state index >= 15 is 0 Å². The molecule has 4 N–H and O–H groups in total. The molecule has 0 spiro atoms. The topological polar surface area (TPSA) is 102 Å². The maximum absolute atomic E-state index is 13.5. The summed E-state index contributed by atoms with van der Waals surface area (Å²) in [5, 5.41) is 27.7. The molecule has 7 nitrogen and oxygen atoms in total. The summed E-state index contributed by atoms with van der Waals surface area (Å²) in [5.74, 6) is 0.142. The molecule has 1 aliphatic heterocycles. The van der Waals surface area contributed by atoms with Crippen LogP contribution in [-0.4, -0.2) is 63.7 Å².